The molecular weight excluding hydrogens is 212 g/mol. The third-order valence-electron chi connectivity index (χ3n) is 3.09. The summed E-state index contributed by atoms with van der Waals surface area (Å²) in [4.78, 5) is 0. The summed E-state index contributed by atoms with van der Waals surface area (Å²) in [6.07, 6.45) is 0. The first-order valence-corrected chi connectivity index (χ1v) is 5.83. The summed E-state index contributed by atoms with van der Waals surface area (Å²) in [5.41, 5.74) is 5.05. The first kappa shape index (κ1) is 12.1. The monoisotopic (exact) mass is 232 g/mol. The van der Waals surface area contributed by atoms with Gasteiger partial charge in [0.25, 0.3) is 0 Å². The Hall–Kier alpha value is -1.39. The first-order valence-electron chi connectivity index (χ1n) is 5.83. The van der Waals surface area contributed by atoms with Crippen molar-refractivity contribution >= 4 is 10.9 Å². The van der Waals surface area contributed by atoms with Crippen LogP contribution >= 0.6 is 0 Å². The standard InChI is InChI=1S/C13H20N4/c1-13(2,3)12(15-14)11-9-7-5-6-8-10(9)17(4)16-11/h5-8,12,15H,14H2,1-4H3. The smallest absolute Gasteiger partial charge is 0.0891 e. The van der Waals surface area contributed by atoms with Crippen molar-refractivity contribution in [3.8, 4) is 0 Å². The van der Waals surface area contributed by atoms with Crippen LogP contribution in [0.25, 0.3) is 10.9 Å². The third-order valence-corrected chi connectivity index (χ3v) is 3.09. The number of nitrogens with two attached hydrogens (primary N) is 1. The minimum Gasteiger partial charge on any atom is -0.271 e. The van der Waals surface area contributed by atoms with Gasteiger partial charge in [0.05, 0.1) is 17.3 Å². The maximum absolute atomic E-state index is 5.69. The Morgan fingerprint density at radius 3 is 2.53 bits per heavy atom. The molecule has 2 aromatic rings. The van der Waals surface area contributed by atoms with Gasteiger partial charge >= 0.3 is 0 Å². The molecule has 1 unspecified atom stereocenters. The molecule has 0 bridgehead atoms. The van der Waals surface area contributed by atoms with E-state index in [0.717, 1.165) is 16.6 Å². The second-order valence-electron chi connectivity index (χ2n) is 5.49. The van der Waals surface area contributed by atoms with E-state index in [0.29, 0.717) is 0 Å². The summed E-state index contributed by atoms with van der Waals surface area (Å²) >= 11 is 0. The Morgan fingerprint density at radius 1 is 1.29 bits per heavy atom. The van der Waals surface area contributed by atoms with E-state index in [1.54, 1.807) is 0 Å². The van der Waals surface area contributed by atoms with E-state index >= 15 is 0 Å². The summed E-state index contributed by atoms with van der Waals surface area (Å²) in [7, 11) is 1.96. The van der Waals surface area contributed by atoms with Gasteiger partial charge in [-0.3, -0.25) is 16.0 Å². The van der Waals surface area contributed by atoms with E-state index in [1.807, 2.05) is 23.9 Å². The van der Waals surface area contributed by atoms with Crippen LogP contribution in [0.5, 0.6) is 0 Å². The Bertz CT molecular complexity index is 522. The van der Waals surface area contributed by atoms with Gasteiger partial charge in [-0.25, -0.2) is 0 Å². The number of fused-ring (bicyclic) bond motifs is 1. The molecule has 0 amide bonds. The van der Waals surface area contributed by atoms with Crippen LogP contribution in [0.2, 0.25) is 0 Å². The van der Waals surface area contributed by atoms with Gasteiger partial charge in [-0.15, -0.1) is 0 Å². The quantitative estimate of drug-likeness (QED) is 0.616. The molecule has 0 saturated heterocycles. The highest BCUT2D eigenvalue weighted by atomic mass is 15.3. The zero-order valence-electron chi connectivity index (χ0n) is 10.9. The Balaban J connectivity index is 2.62. The molecule has 1 atom stereocenters. The van der Waals surface area contributed by atoms with E-state index in [4.69, 9.17) is 5.84 Å². The van der Waals surface area contributed by atoms with Gasteiger partial charge in [-0.05, 0) is 11.5 Å². The zero-order valence-corrected chi connectivity index (χ0v) is 10.9. The predicted octanol–water partition coefficient (Wildman–Crippen LogP) is 2.12. The molecule has 92 valence electrons. The highest BCUT2D eigenvalue weighted by molar-refractivity contribution is 5.82. The molecule has 2 rings (SSSR count). The molecule has 0 saturated carbocycles. The van der Waals surface area contributed by atoms with Crippen molar-refractivity contribution in [2.45, 2.75) is 26.8 Å². The van der Waals surface area contributed by atoms with Gasteiger partial charge in [0.1, 0.15) is 0 Å². The van der Waals surface area contributed by atoms with Crippen LogP contribution in [-0.2, 0) is 7.05 Å². The summed E-state index contributed by atoms with van der Waals surface area (Å²) in [5, 5.41) is 5.76. The second kappa shape index (κ2) is 4.13. The number of rotatable bonds is 2. The minimum atomic E-state index is 0.0197. The molecule has 1 aromatic heterocycles. The number of hydrogen-bond donors (Lipinski definition) is 2. The van der Waals surface area contributed by atoms with E-state index in [2.05, 4.69) is 43.4 Å². The van der Waals surface area contributed by atoms with E-state index < -0.39 is 0 Å². The van der Waals surface area contributed by atoms with Crippen LogP contribution < -0.4 is 11.3 Å². The van der Waals surface area contributed by atoms with Gasteiger partial charge < -0.3 is 0 Å². The first-order chi connectivity index (χ1) is 7.95. The third kappa shape index (κ3) is 2.06. The summed E-state index contributed by atoms with van der Waals surface area (Å²) in [5.74, 6) is 5.69. The van der Waals surface area contributed by atoms with E-state index in [9.17, 15) is 0 Å². The van der Waals surface area contributed by atoms with Crippen LogP contribution in [0.15, 0.2) is 24.3 Å². The van der Waals surface area contributed by atoms with Gasteiger partial charge in [-0.1, -0.05) is 39.0 Å². The molecule has 4 heteroatoms. The number of hydrazine groups is 1. The lowest BCUT2D eigenvalue weighted by atomic mass is 9.84. The van der Waals surface area contributed by atoms with Gasteiger partial charge in [0, 0.05) is 12.4 Å². The maximum Gasteiger partial charge on any atom is 0.0891 e. The number of benzene rings is 1. The molecule has 1 heterocycles. The summed E-state index contributed by atoms with van der Waals surface area (Å²) in [6.45, 7) is 6.46. The van der Waals surface area contributed by atoms with Crippen molar-refractivity contribution < 1.29 is 0 Å². The van der Waals surface area contributed by atoms with Crippen molar-refractivity contribution in [1.82, 2.24) is 15.2 Å². The highest BCUT2D eigenvalue weighted by Gasteiger charge is 2.29. The minimum absolute atomic E-state index is 0.0197. The number of nitrogens with one attached hydrogen (secondary N) is 1. The van der Waals surface area contributed by atoms with Crippen molar-refractivity contribution in [2.24, 2.45) is 18.3 Å². The fraction of sp³-hybridized carbons (Fsp3) is 0.462. The van der Waals surface area contributed by atoms with Crippen LogP contribution in [0, 0.1) is 5.41 Å². The Morgan fingerprint density at radius 2 is 1.94 bits per heavy atom. The molecule has 0 radical (unpaired) electrons. The molecule has 0 aliphatic heterocycles. The summed E-state index contributed by atoms with van der Waals surface area (Å²) < 4.78 is 1.90. The molecule has 4 nitrogen and oxygen atoms in total. The lowest BCUT2D eigenvalue weighted by molar-refractivity contribution is 0.270. The molecule has 0 spiro atoms. The normalized spacial score (nSPS) is 14.2. The molecule has 0 fully saturated rings. The van der Waals surface area contributed by atoms with Crippen LogP contribution in [-0.4, -0.2) is 9.78 Å². The fourth-order valence-corrected chi connectivity index (χ4v) is 2.19. The van der Waals surface area contributed by atoms with Crippen molar-refractivity contribution in [1.29, 1.82) is 0 Å². The lowest BCUT2D eigenvalue weighted by Gasteiger charge is -2.28. The van der Waals surface area contributed by atoms with Crippen LogP contribution in [0.1, 0.15) is 32.5 Å². The number of nitrogens with zero attached hydrogens (tertiary/aromatic N) is 2. The molecule has 3 N–H and O–H groups in total. The largest absolute Gasteiger partial charge is 0.271 e. The fourth-order valence-electron chi connectivity index (χ4n) is 2.19. The van der Waals surface area contributed by atoms with Crippen LogP contribution in [0.3, 0.4) is 0 Å². The second-order valence-corrected chi connectivity index (χ2v) is 5.49. The van der Waals surface area contributed by atoms with Gasteiger partial charge in [-0.2, -0.15) is 5.10 Å². The number of aryl methyl sites for hydroxylation is 1. The number of hydrogen-bond acceptors (Lipinski definition) is 3. The maximum atomic E-state index is 5.69. The van der Waals surface area contributed by atoms with E-state index in [-0.39, 0.29) is 11.5 Å². The Labute approximate surface area is 102 Å². The molecule has 0 aliphatic rings. The Kier molecular flexibility index (Phi) is 2.93. The highest BCUT2D eigenvalue weighted by Crippen LogP contribution is 2.34. The van der Waals surface area contributed by atoms with Crippen molar-refractivity contribution in [3.05, 3.63) is 30.0 Å². The molecule has 0 aliphatic carbocycles. The van der Waals surface area contributed by atoms with E-state index in [1.165, 1.54) is 0 Å². The summed E-state index contributed by atoms with van der Waals surface area (Å²) in [6, 6.07) is 8.25. The van der Waals surface area contributed by atoms with Crippen molar-refractivity contribution in [2.75, 3.05) is 0 Å². The number of para-hydroxylation sites is 1. The lowest BCUT2D eigenvalue weighted by Crippen LogP contribution is -2.37. The van der Waals surface area contributed by atoms with Gasteiger partial charge in [0.15, 0.2) is 0 Å². The SMILES string of the molecule is Cn1nc(C(NN)C(C)(C)C)c2ccccc21. The van der Waals surface area contributed by atoms with Crippen molar-refractivity contribution in [3.63, 3.8) is 0 Å². The zero-order chi connectivity index (χ0) is 12.6. The topological polar surface area (TPSA) is 55.9 Å². The van der Waals surface area contributed by atoms with Crippen LogP contribution in [0.4, 0.5) is 0 Å². The molecular formula is C13H20N4. The predicted molar refractivity (Wildman–Crippen MR) is 70.2 cm³/mol. The number of aromatic nitrogens is 2. The average Bonchev–Trinajstić information content (AvgIpc) is 2.56. The van der Waals surface area contributed by atoms with Gasteiger partial charge in [0.2, 0.25) is 0 Å². The molecule has 1 aromatic carbocycles. The molecule has 17 heavy (non-hydrogen) atoms. The average molecular weight is 232 g/mol.